The maximum Gasteiger partial charge on any atom is -0.0355 e. The lowest BCUT2D eigenvalue weighted by Crippen LogP contribution is -2.15. The summed E-state index contributed by atoms with van der Waals surface area (Å²) in [6.07, 6.45) is 18.1. The molecule has 0 aromatic carbocycles. The minimum atomic E-state index is 0.983. The van der Waals surface area contributed by atoms with Gasteiger partial charge in [-0.05, 0) is 50.4 Å². The summed E-state index contributed by atoms with van der Waals surface area (Å²) in [4.78, 5) is 0. The number of hydrogen-bond donors (Lipinski definition) is 0. The first-order valence-corrected chi connectivity index (χ1v) is 6.10. The lowest BCUT2D eigenvalue weighted by molar-refractivity contribution is 0.300. The van der Waals surface area contributed by atoms with Crippen LogP contribution in [-0.2, 0) is 0 Å². The van der Waals surface area contributed by atoms with Crippen LogP contribution in [0.2, 0.25) is 0 Å². The van der Waals surface area contributed by atoms with Crippen molar-refractivity contribution in [1.82, 2.24) is 0 Å². The minimum Gasteiger partial charge on any atom is -0.0530 e. The van der Waals surface area contributed by atoms with Gasteiger partial charge in [0.05, 0.1) is 0 Å². The van der Waals surface area contributed by atoms with Gasteiger partial charge in [-0.2, -0.15) is 0 Å². The van der Waals surface area contributed by atoms with Gasteiger partial charge in [0, 0.05) is 0 Å². The summed E-state index contributed by atoms with van der Waals surface area (Å²) in [7, 11) is 0. The molecule has 74 valence electrons. The molecule has 2 aliphatic carbocycles. The van der Waals surface area contributed by atoms with Crippen LogP contribution in [0.5, 0.6) is 0 Å². The third-order valence-electron chi connectivity index (χ3n) is 3.72. The van der Waals surface area contributed by atoms with E-state index in [2.05, 4.69) is 12.8 Å². The van der Waals surface area contributed by atoms with Crippen molar-refractivity contribution in [3.05, 3.63) is 12.8 Å². The zero-order valence-electron chi connectivity index (χ0n) is 8.67. The Bertz CT molecular complexity index is 111. The van der Waals surface area contributed by atoms with E-state index in [4.69, 9.17) is 0 Å². The molecule has 2 saturated carbocycles. The quantitative estimate of drug-likeness (QED) is 0.595. The standard InChI is InChI=1S/C13H22/c1-3-7-12(8-4-1)11-13-9-5-2-6-10-13/h1,9,12-13H,2-8,10-11H2. The molecule has 13 heavy (non-hydrogen) atoms. The van der Waals surface area contributed by atoms with Crippen molar-refractivity contribution in [2.75, 3.05) is 0 Å². The van der Waals surface area contributed by atoms with Gasteiger partial charge in [-0.25, -0.2) is 0 Å². The molecule has 0 aromatic heterocycles. The van der Waals surface area contributed by atoms with E-state index >= 15 is 0 Å². The summed E-state index contributed by atoms with van der Waals surface area (Å²) in [6, 6.07) is 0. The highest BCUT2D eigenvalue weighted by Gasteiger charge is 2.20. The predicted octanol–water partition coefficient (Wildman–Crippen LogP) is 4.17. The maximum atomic E-state index is 2.60. The molecule has 0 nitrogen and oxygen atoms in total. The SMILES string of the molecule is [CH]1CCC(CC2[CH]CCCC2)CC1. The highest BCUT2D eigenvalue weighted by atomic mass is 14.3. The zero-order chi connectivity index (χ0) is 8.93. The molecule has 2 rings (SSSR count). The molecule has 0 N–H and O–H groups in total. The molecule has 0 spiro atoms. The monoisotopic (exact) mass is 178 g/mol. The summed E-state index contributed by atoms with van der Waals surface area (Å²) >= 11 is 0. The summed E-state index contributed by atoms with van der Waals surface area (Å²) in [5.41, 5.74) is 0. The van der Waals surface area contributed by atoms with E-state index in [0.29, 0.717) is 0 Å². The summed E-state index contributed by atoms with van der Waals surface area (Å²) in [5, 5.41) is 0. The fourth-order valence-electron chi connectivity index (χ4n) is 2.90. The van der Waals surface area contributed by atoms with Gasteiger partial charge >= 0.3 is 0 Å². The maximum absolute atomic E-state index is 2.60. The fraction of sp³-hybridized carbons (Fsp3) is 0.846. The lowest BCUT2D eigenvalue weighted by atomic mass is 9.78. The summed E-state index contributed by atoms with van der Waals surface area (Å²) < 4.78 is 0. The van der Waals surface area contributed by atoms with Crippen LogP contribution in [-0.4, -0.2) is 0 Å². The third-order valence-corrected chi connectivity index (χ3v) is 3.72. The minimum absolute atomic E-state index is 0.983. The van der Waals surface area contributed by atoms with E-state index in [0.717, 1.165) is 11.8 Å². The van der Waals surface area contributed by atoms with E-state index in [9.17, 15) is 0 Å². The van der Waals surface area contributed by atoms with Crippen molar-refractivity contribution < 1.29 is 0 Å². The molecule has 0 heterocycles. The molecule has 2 fully saturated rings. The molecule has 0 heteroatoms. The summed E-state index contributed by atoms with van der Waals surface area (Å²) in [6.45, 7) is 0. The van der Waals surface area contributed by atoms with Gasteiger partial charge < -0.3 is 0 Å². The Kier molecular flexibility index (Phi) is 3.69. The second kappa shape index (κ2) is 5.02. The van der Waals surface area contributed by atoms with Crippen LogP contribution < -0.4 is 0 Å². The van der Waals surface area contributed by atoms with Crippen LogP contribution in [0, 0.1) is 24.7 Å². The van der Waals surface area contributed by atoms with Crippen LogP contribution in [0.3, 0.4) is 0 Å². The third kappa shape index (κ3) is 3.00. The molecule has 1 unspecified atom stereocenters. The van der Waals surface area contributed by atoms with E-state index in [1.54, 1.807) is 0 Å². The van der Waals surface area contributed by atoms with Crippen molar-refractivity contribution in [3.63, 3.8) is 0 Å². The second-order valence-corrected chi connectivity index (χ2v) is 4.83. The van der Waals surface area contributed by atoms with Crippen molar-refractivity contribution >= 4 is 0 Å². The lowest BCUT2D eigenvalue weighted by Gasteiger charge is -2.28. The first-order chi connectivity index (χ1) is 6.45. The molecule has 0 saturated heterocycles. The molecule has 0 aromatic rings. The predicted molar refractivity (Wildman–Crippen MR) is 57.1 cm³/mol. The number of rotatable bonds is 2. The Morgan fingerprint density at radius 3 is 2.46 bits per heavy atom. The van der Waals surface area contributed by atoms with E-state index in [1.807, 2.05) is 0 Å². The molecular formula is C13H22. The zero-order valence-corrected chi connectivity index (χ0v) is 8.67. The normalized spacial score (nSPS) is 27.7. The average Bonchev–Trinajstić information content (AvgIpc) is 2.21. The van der Waals surface area contributed by atoms with Crippen molar-refractivity contribution in [3.8, 4) is 0 Å². The Labute approximate surface area is 83.1 Å². The molecule has 0 bridgehead atoms. The Hall–Kier alpha value is 0. The van der Waals surface area contributed by atoms with Crippen LogP contribution in [0.25, 0.3) is 0 Å². The Balaban J connectivity index is 1.69. The van der Waals surface area contributed by atoms with Gasteiger partial charge in [-0.1, -0.05) is 32.1 Å². The molecule has 0 aliphatic heterocycles. The highest BCUT2D eigenvalue weighted by molar-refractivity contribution is 4.85. The van der Waals surface area contributed by atoms with Crippen LogP contribution in [0.15, 0.2) is 0 Å². The Morgan fingerprint density at radius 2 is 1.77 bits per heavy atom. The molecule has 2 aliphatic rings. The topological polar surface area (TPSA) is 0 Å². The first-order valence-electron chi connectivity index (χ1n) is 6.10. The second-order valence-electron chi connectivity index (χ2n) is 4.83. The van der Waals surface area contributed by atoms with Gasteiger partial charge in [0.1, 0.15) is 0 Å². The van der Waals surface area contributed by atoms with Gasteiger partial charge in [0.25, 0.3) is 0 Å². The Morgan fingerprint density at radius 1 is 0.923 bits per heavy atom. The van der Waals surface area contributed by atoms with Crippen molar-refractivity contribution in [2.45, 2.75) is 57.8 Å². The van der Waals surface area contributed by atoms with E-state index in [1.165, 1.54) is 57.8 Å². The largest absolute Gasteiger partial charge is 0.0530 e. The molecule has 2 radical (unpaired) electrons. The van der Waals surface area contributed by atoms with Crippen LogP contribution in [0.4, 0.5) is 0 Å². The van der Waals surface area contributed by atoms with E-state index in [-0.39, 0.29) is 0 Å². The van der Waals surface area contributed by atoms with E-state index < -0.39 is 0 Å². The first kappa shape index (κ1) is 9.55. The molecular weight excluding hydrogens is 156 g/mol. The van der Waals surface area contributed by atoms with Crippen molar-refractivity contribution in [2.24, 2.45) is 11.8 Å². The molecule has 1 atom stereocenters. The smallest absolute Gasteiger partial charge is 0.0355 e. The van der Waals surface area contributed by atoms with Crippen LogP contribution in [0.1, 0.15) is 57.8 Å². The van der Waals surface area contributed by atoms with Gasteiger partial charge in [-0.15, -0.1) is 0 Å². The molecule has 0 amide bonds. The number of hydrogen-bond acceptors (Lipinski definition) is 0. The summed E-state index contributed by atoms with van der Waals surface area (Å²) in [5.74, 6) is 2.04. The van der Waals surface area contributed by atoms with Gasteiger partial charge in [0.15, 0.2) is 0 Å². The van der Waals surface area contributed by atoms with Crippen molar-refractivity contribution in [1.29, 1.82) is 0 Å². The van der Waals surface area contributed by atoms with Gasteiger partial charge in [-0.3, -0.25) is 0 Å². The van der Waals surface area contributed by atoms with Crippen LogP contribution >= 0.6 is 0 Å². The van der Waals surface area contributed by atoms with Gasteiger partial charge in [0.2, 0.25) is 0 Å². The fourth-order valence-corrected chi connectivity index (χ4v) is 2.90. The highest BCUT2D eigenvalue weighted by Crippen LogP contribution is 2.34. The average molecular weight is 178 g/mol.